The molecule has 0 unspecified atom stereocenters. The average Bonchev–Trinajstić information content (AvgIpc) is 2.53. The van der Waals surface area contributed by atoms with Gasteiger partial charge in [-0.1, -0.05) is 95.4 Å². The molecule has 1 aromatic rings. The summed E-state index contributed by atoms with van der Waals surface area (Å²) in [4.78, 5) is 11.1. The number of rotatable bonds is 13. The Labute approximate surface area is 142 Å². The van der Waals surface area contributed by atoms with Crippen LogP contribution in [-0.2, 0) is 6.42 Å². The summed E-state index contributed by atoms with van der Waals surface area (Å²) in [5.41, 5.74) is 2.01. The van der Waals surface area contributed by atoms with Crippen LogP contribution in [0.25, 0.3) is 0 Å². The Bertz CT molecular complexity index is 397. The molecule has 0 aliphatic carbocycles. The number of hydrogen-bond acceptors (Lipinski definition) is 1. The van der Waals surface area contributed by atoms with Crippen molar-refractivity contribution in [3.05, 3.63) is 35.4 Å². The lowest BCUT2D eigenvalue weighted by Gasteiger charge is -2.04. The first kappa shape index (κ1) is 19.3. The topological polar surface area (TPSA) is 17.1 Å². The molecule has 0 N–H and O–H groups in total. The Hall–Kier alpha value is -0.760. The SMILES string of the molecule is CCCCCCCCCCCCCc1ccc(C(=O)S)cc1. The van der Waals surface area contributed by atoms with Crippen LogP contribution in [0.15, 0.2) is 24.3 Å². The van der Waals surface area contributed by atoms with Crippen molar-refractivity contribution >= 4 is 17.7 Å². The van der Waals surface area contributed by atoms with Gasteiger partial charge in [0.25, 0.3) is 0 Å². The number of unbranched alkanes of at least 4 members (excludes halogenated alkanes) is 10. The van der Waals surface area contributed by atoms with Crippen molar-refractivity contribution in [2.45, 2.75) is 84.0 Å². The second-order valence-corrected chi connectivity index (χ2v) is 6.69. The van der Waals surface area contributed by atoms with Crippen molar-refractivity contribution in [3.8, 4) is 0 Å². The summed E-state index contributed by atoms with van der Waals surface area (Å²) in [6.45, 7) is 2.27. The van der Waals surface area contributed by atoms with Gasteiger partial charge in [0.15, 0.2) is 0 Å². The van der Waals surface area contributed by atoms with Crippen LogP contribution >= 0.6 is 12.6 Å². The standard InChI is InChI=1S/C20H32OS/c1-2-3-4-5-6-7-8-9-10-11-12-13-18-14-16-19(17-15-18)20(21)22/h14-17H,2-13H2,1H3,(H,21,22). The molecule has 22 heavy (non-hydrogen) atoms. The van der Waals surface area contributed by atoms with E-state index in [2.05, 4.69) is 31.7 Å². The average molecular weight is 321 g/mol. The number of benzene rings is 1. The Morgan fingerprint density at radius 3 is 1.68 bits per heavy atom. The first-order chi connectivity index (χ1) is 10.7. The molecule has 0 heterocycles. The highest BCUT2D eigenvalue weighted by atomic mass is 32.1. The Kier molecular flexibility index (Phi) is 11.2. The first-order valence-corrected chi connectivity index (χ1v) is 9.51. The molecule has 124 valence electrons. The molecule has 0 amide bonds. The van der Waals surface area contributed by atoms with Crippen molar-refractivity contribution in [1.82, 2.24) is 0 Å². The quantitative estimate of drug-likeness (QED) is 0.319. The van der Waals surface area contributed by atoms with Crippen molar-refractivity contribution in [1.29, 1.82) is 0 Å². The number of hydrogen-bond donors (Lipinski definition) is 1. The molecule has 0 atom stereocenters. The molecule has 0 radical (unpaired) electrons. The molecule has 1 nitrogen and oxygen atoms in total. The van der Waals surface area contributed by atoms with Gasteiger partial charge in [0, 0.05) is 5.56 Å². The molecular weight excluding hydrogens is 288 g/mol. The molecule has 0 saturated heterocycles. The second-order valence-electron chi connectivity index (χ2n) is 6.29. The smallest absolute Gasteiger partial charge is 0.216 e. The third-order valence-corrected chi connectivity index (χ3v) is 4.53. The Balaban J connectivity index is 1.94. The van der Waals surface area contributed by atoms with Gasteiger partial charge in [0.2, 0.25) is 5.12 Å². The Morgan fingerprint density at radius 2 is 1.23 bits per heavy atom. The van der Waals surface area contributed by atoms with Crippen molar-refractivity contribution < 1.29 is 4.79 Å². The summed E-state index contributed by atoms with van der Waals surface area (Å²) < 4.78 is 0. The summed E-state index contributed by atoms with van der Waals surface area (Å²) in [5, 5.41) is -0.152. The molecule has 0 spiro atoms. The van der Waals surface area contributed by atoms with Gasteiger partial charge >= 0.3 is 0 Å². The summed E-state index contributed by atoms with van der Waals surface area (Å²) in [5.74, 6) is 0. The molecule has 0 saturated carbocycles. The van der Waals surface area contributed by atoms with Crippen molar-refractivity contribution in [3.63, 3.8) is 0 Å². The number of carbonyl (C=O) groups excluding carboxylic acids is 1. The maximum Gasteiger partial charge on any atom is 0.216 e. The summed E-state index contributed by atoms with van der Waals surface area (Å²) in [6.07, 6.45) is 16.3. The zero-order valence-corrected chi connectivity index (χ0v) is 15.0. The minimum atomic E-state index is -0.152. The first-order valence-electron chi connectivity index (χ1n) is 9.06. The fourth-order valence-electron chi connectivity index (χ4n) is 2.81. The third kappa shape index (κ3) is 9.30. The van der Waals surface area contributed by atoms with Crippen molar-refractivity contribution in [2.24, 2.45) is 0 Å². The zero-order valence-electron chi connectivity index (χ0n) is 14.2. The van der Waals surface area contributed by atoms with Crippen LogP contribution in [0.1, 0.15) is 93.5 Å². The maximum atomic E-state index is 11.1. The molecule has 2 heteroatoms. The van der Waals surface area contributed by atoms with Gasteiger partial charge in [-0.15, -0.1) is 12.6 Å². The van der Waals surface area contributed by atoms with Gasteiger partial charge in [-0.3, -0.25) is 4.79 Å². The van der Waals surface area contributed by atoms with Crippen LogP contribution in [0.5, 0.6) is 0 Å². The molecule has 0 aromatic heterocycles. The van der Waals surface area contributed by atoms with E-state index in [1.165, 1.54) is 76.2 Å². The molecule has 0 bridgehead atoms. The fourth-order valence-corrected chi connectivity index (χ4v) is 2.96. The van der Waals surface area contributed by atoms with Crippen LogP contribution in [0, 0.1) is 0 Å². The van der Waals surface area contributed by atoms with Gasteiger partial charge in [-0.2, -0.15) is 0 Å². The molecule has 1 aromatic carbocycles. The van der Waals surface area contributed by atoms with E-state index in [1.54, 1.807) is 0 Å². The van der Waals surface area contributed by atoms with Gasteiger partial charge in [0.1, 0.15) is 0 Å². The zero-order chi connectivity index (χ0) is 16.0. The van der Waals surface area contributed by atoms with Gasteiger partial charge in [0.05, 0.1) is 0 Å². The van der Waals surface area contributed by atoms with E-state index in [4.69, 9.17) is 0 Å². The highest BCUT2D eigenvalue weighted by Crippen LogP contribution is 2.13. The molecular formula is C20H32OS. The predicted molar refractivity (Wildman–Crippen MR) is 99.9 cm³/mol. The molecule has 0 fully saturated rings. The molecule has 0 aliphatic heterocycles. The molecule has 0 aliphatic rings. The van der Waals surface area contributed by atoms with Crippen LogP contribution in [-0.4, -0.2) is 5.12 Å². The second kappa shape index (κ2) is 12.8. The highest BCUT2D eigenvalue weighted by Gasteiger charge is 2.00. The minimum absolute atomic E-state index is 0.152. The monoisotopic (exact) mass is 320 g/mol. The predicted octanol–water partition coefficient (Wildman–Crippen LogP) is 6.61. The van der Waals surface area contributed by atoms with Crippen molar-refractivity contribution in [2.75, 3.05) is 0 Å². The van der Waals surface area contributed by atoms with Crippen LogP contribution < -0.4 is 0 Å². The lowest BCUT2D eigenvalue weighted by Crippen LogP contribution is -1.91. The van der Waals surface area contributed by atoms with E-state index >= 15 is 0 Å². The van der Waals surface area contributed by atoms with Gasteiger partial charge < -0.3 is 0 Å². The van der Waals surface area contributed by atoms with Crippen LogP contribution in [0.3, 0.4) is 0 Å². The highest BCUT2D eigenvalue weighted by molar-refractivity contribution is 7.97. The van der Waals surface area contributed by atoms with E-state index in [1.807, 2.05) is 12.1 Å². The third-order valence-electron chi connectivity index (χ3n) is 4.27. The van der Waals surface area contributed by atoms with E-state index in [0.717, 1.165) is 6.42 Å². The van der Waals surface area contributed by atoms with Gasteiger partial charge in [-0.05, 0) is 18.4 Å². The lowest BCUT2D eigenvalue weighted by molar-refractivity contribution is 0.109. The van der Waals surface area contributed by atoms with Gasteiger partial charge in [-0.25, -0.2) is 0 Å². The number of thiol groups is 1. The number of aryl methyl sites for hydroxylation is 1. The normalized spacial score (nSPS) is 10.8. The van der Waals surface area contributed by atoms with E-state index in [-0.39, 0.29) is 5.12 Å². The van der Waals surface area contributed by atoms with E-state index < -0.39 is 0 Å². The van der Waals surface area contributed by atoms with Crippen LogP contribution in [0.4, 0.5) is 0 Å². The summed E-state index contributed by atoms with van der Waals surface area (Å²) >= 11 is 3.83. The molecule has 1 rings (SSSR count). The van der Waals surface area contributed by atoms with Crippen LogP contribution in [0.2, 0.25) is 0 Å². The summed E-state index contributed by atoms with van der Waals surface area (Å²) in [7, 11) is 0. The lowest BCUT2D eigenvalue weighted by atomic mass is 10.0. The van der Waals surface area contributed by atoms with E-state index in [0.29, 0.717) is 5.56 Å². The minimum Gasteiger partial charge on any atom is -0.282 e. The van der Waals surface area contributed by atoms with E-state index in [9.17, 15) is 4.79 Å². The Morgan fingerprint density at radius 1 is 0.773 bits per heavy atom. The largest absolute Gasteiger partial charge is 0.282 e. The fraction of sp³-hybridized carbons (Fsp3) is 0.650. The number of carbonyl (C=O) groups is 1. The maximum absolute atomic E-state index is 11.1. The summed E-state index contributed by atoms with van der Waals surface area (Å²) in [6, 6.07) is 7.87.